The first-order valence-electron chi connectivity index (χ1n) is 11.2. The molecule has 2 N–H and O–H groups in total. The predicted octanol–water partition coefficient (Wildman–Crippen LogP) is 7.79. The van der Waals surface area contributed by atoms with Crippen LogP contribution in [0.1, 0.15) is 5.48 Å². The van der Waals surface area contributed by atoms with E-state index >= 15 is 0 Å². The lowest BCUT2D eigenvalue weighted by molar-refractivity contribution is 1.32. The molecule has 0 unspecified atom stereocenters. The highest BCUT2D eigenvalue weighted by atomic mass is 32.2. The van der Waals surface area contributed by atoms with Gasteiger partial charge in [-0.05, 0) is 48.5 Å². The molecule has 0 radical (unpaired) electrons. The van der Waals surface area contributed by atoms with Gasteiger partial charge in [0.1, 0.15) is 0 Å². The summed E-state index contributed by atoms with van der Waals surface area (Å²) in [5, 5.41) is 4.48. The van der Waals surface area contributed by atoms with Crippen molar-refractivity contribution in [3.05, 3.63) is 97.0 Å². The topological polar surface area (TPSA) is 24.1 Å². The van der Waals surface area contributed by atoms with Crippen molar-refractivity contribution >= 4 is 46.3 Å². The standard InChI is InChI=1S/2C12H9NS/c2*1-3-7-11-9(5-1)13-10-6-2-4-8-12(10)14-11/h2*1-8,13H/i3D,4D,5D,6D;/hD. The lowest BCUT2D eigenvalue weighted by atomic mass is 10.2. The second-order valence-corrected chi connectivity index (χ2v) is 8.23. The summed E-state index contributed by atoms with van der Waals surface area (Å²) in [7, 11) is 0. The molecule has 6 rings (SSSR count). The van der Waals surface area contributed by atoms with Gasteiger partial charge < -0.3 is 10.6 Å². The van der Waals surface area contributed by atoms with E-state index in [4.69, 9.17) is 6.89 Å². The van der Waals surface area contributed by atoms with Crippen LogP contribution in [0.4, 0.5) is 22.7 Å². The minimum Gasteiger partial charge on any atom is -0.354 e. The van der Waals surface area contributed by atoms with Crippen LogP contribution in [0.2, 0.25) is 1.41 Å². The summed E-state index contributed by atoms with van der Waals surface area (Å²) >= 11 is 3.12. The molecular formula is C24H18N2S2. The molecule has 2 heterocycles. The van der Waals surface area contributed by atoms with E-state index in [9.17, 15) is 0 Å². The Kier molecular flexibility index (Phi) is 3.45. The summed E-state index contributed by atoms with van der Waals surface area (Å²) in [5.41, 5.74) is 3.19. The molecule has 28 heavy (non-hydrogen) atoms. The van der Waals surface area contributed by atoms with E-state index in [0.717, 1.165) is 5.31 Å². The molecule has 0 amide bonds. The van der Waals surface area contributed by atoms with Crippen LogP contribution < -0.4 is 10.6 Å². The van der Waals surface area contributed by atoms with Crippen LogP contribution >= 0.6 is 23.5 Å². The Balaban J connectivity index is 0.000000144. The quantitative estimate of drug-likeness (QED) is 0.275. The first-order chi connectivity index (χ1) is 15.9. The second kappa shape index (κ2) is 7.66. The summed E-state index contributed by atoms with van der Waals surface area (Å²) in [6.07, 6.45) is 0. The molecule has 2 nitrogen and oxygen atoms in total. The van der Waals surface area contributed by atoms with Crippen LogP contribution in [0.3, 0.4) is 0 Å². The van der Waals surface area contributed by atoms with E-state index in [2.05, 4.69) is 53.8 Å². The van der Waals surface area contributed by atoms with E-state index < -0.39 is 0 Å². The maximum absolute atomic E-state index is 8.12. The normalized spacial score (nSPS) is 15.4. The summed E-state index contributed by atoms with van der Waals surface area (Å²) in [6, 6.07) is 23.4. The highest BCUT2D eigenvalue weighted by molar-refractivity contribution is 8.00. The Bertz CT molecular complexity index is 1230. The molecule has 0 atom stereocenters. The Morgan fingerprint density at radius 3 is 1.57 bits per heavy atom. The van der Waals surface area contributed by atoms with Crippen molar-refractivity contribution in [1.29, 1.82) is 0 Å². The van der Waals surface area contributed by atoms with Crippen molar-refractivity contribution < 1.29 is 6.89 Å². The Labute approximate surface area is 180 Å². The molecule has 0 saturated carbocycles. The molecule has 2 aliphatic heterocycles. The molecule has 4 aromatic carbocycles. The van der Waals surface area contributed by atoms with Gasteiger partial charge in [0.2, 0.25) is 0 Å². The number of nitrogens with one attached hydrogen (secondary N) is 2. The first-order valence-corrected chi connectivity index (χ1v) is 10.4. The maximum Gasteiger partial charge on any atom is 0.167 e. The number of benzene rings is 4. The zero-order valence-electron chi connectivity index (χ0n) is 19.7. The van der Waals surface area contributed by atoms with Gasteiger partial charge in [-0.15, -0.1) is 0 Å². The molecular weight excluding hydrogens is 380 g/mol. The third-order valence-corrected chi connectivity index (χ3v) is 6.40. The Morgan fingerprint density at radius 1 is 0.571 bits per heavy atom. The van der Waals surface area contributed by atoms with E-state index in [0.29, 0.717) is 21.2 Å². The van der Waals surface area contributed by atoms with Crippen molar-refractivity contribution in [1.82, 2.24) is 0 Å². The summed E-state index contributed by atoms with van der Waals surface area (Å²) < 4.78 is 39.1. The summed E-state index contributed by atoms with van der Waals surface area (Å²) in [4.78, 5) is 3.88. The van der Waals surface area contributed by atoms with Gasteiger partial charge in [0.25, 0.3) is 0 Å². The number of anilines is 4. The Hall–Kier alpha value is -2.82. The molecule has 2 aliphatic rings. The molecule has 0 bridgehead atoms. The SMILES string of the molecule is [2H]c1cc([2H])c2c(c1)Sc1cc([2H])cc([2H])c1N2[2H].c1ccc2c(c1)Nc1ccccc1S2. The molecule has 0 spiro atoms. The largest absolute Gasteiger partial charge is 0.354 e. The van der Waals surface area contributed by atoms with Gasteiger partial charge in [0.05, 0.1) is 28.2 Å². The number of hydrogen-bond acceptors (Lipinski definition) is 4. The summed E-state index contributed by atoms with van der Waals surface area (Å²) in [5.74, 6) is 0. The van der Waals surface area contributed by atoms with Crippen LogP contribution in [-0.2, 0) is 0 Å². The van der Waals surface area contributed by atoms with Crippen LogP contribution in [0.5, 0.6) is 0 Å². The third kappa shape index (κ3) is 3.49. The lowest BCUT2D eigenvalue weighted by Crippen LogP contribution is -1.98. The number of fused-ring (bicyclic) bond motifs is 4. The van der Waals surface area contributed by atoms with Gasteiger partial charge >= 0.3 is 0 Å². The monoisotopic (exact) mass is 403 g/mol. The maximum atomic E-state index is 8.12. The second-order valence-electron chi connectivity index (χ2n) is 6.06. The van der Waals surface area contributed by atoms with Gasteiger partial charge in [0.15, 0.2) is 1.41 Å². The average Bonchev–Trinajstić information content (AvgIpc) is 2.77. The average molecular weight is 404 g/mol. The molecule has 0 aliphatic carbocycles. The summed E-state index contributed by atoms with van der Waals surface area (Å²) in [6.45, 7) is 0. The fraction of sp³-hybridized carbons (Fsp3) is 0. The zero-order valence-corrected chi connectivity index (χ0v) is 16.3. The lowest BCUT2D eigenvalue weighted by Gasteiger charge is -2.19. The van der Waals surface area contributed by atoms with Crippen LogP contribution in [0.25, 0.3) is 0 Å². The van der Waals surface area contributed by atoms with Crippen molar-refractivity contribution in [2.45, 2.75) is 19.6 Å². The minimum atomic E-state index is 0.102. The van der Waals surface area contributed by atoms with Crippen molar-refractivity contribution in [3.63, 3.8) is 0 Å². The molecule has 0 aromatic heterocycles. The van der Waals surface area contributed by atoms with E-state index in [-0.39, 0.29) is 24.2 Å². The molecule has 0 fully saturated rings. The van der Waals surface area contributed by atoms with Crippen LogP contribution in [0, 0.1) is 0 Å². The van der Waals surface area contributed by atoms with Gasteiger partial charge in [-0.3, -0.25) is 0 Å². The molecule has 136 valence electrons. The number of rotatable bonds is 0. The first kappa shape index (κ1) is 12.6. The van der Waals surface area contributed by atoms with E-state index in [1.54, 1.807) is 12.1 Å². The third-order valence-electron chi connectivity index (χ3n) is 4.19. The van der Waals surface area contributed by atoms with Crippen LogP contribution in [0.15, 0.2) is 117 Å². The van der Waals surface area contributed by atoms with Gasteiger partial charge in [-0.1, -0.05) is 72.0 Å². The smallest absolute Gasteiger partial charge is 0.167 e. The molecule has 4 heteroatoms. The number of para-hydroxylation sites is 4. The zero-order chi connectivity index (χ0) is 23.1. The minimum absolute atomic E-state index is 0.102. The Morgan fingerprint density at radius 2 is 1.04 bits per heavy atom. The fourth-order valence-corrected chi connectivity index (χ4v) is 4.76. The van der Waals surface area contributed by atoms with Gasteiger partial charge in [-0.2, -0.15) is 0 Å². The van der Waals surface area contributed by atoms with Crippen molar-refractivity contribution in [2.75, 3.05) is 10.6 Å². The molecule has 0 saturated heterocycles. The van der Waals surface area contributed by atoms with E-state index in [1.807, 2.05) is 11.8 Å². The van der Waals surface area contributed by atoms with Gasteiger partial charge in [-0.25, -0.2) is 0 Å². The highest BCUT2D eigenvalue weighted by Crippen LogP contribution is 2.44. The van der Waals surface area contributed by atoms with Crippen molar-refractivity contribution in [3.8, 4) is 0 Å². The van der Waals surface area contributed by atoms with Crippen molar-refractivity contribution in [2.24, 2.45) is 0 Å². The molecule has 4 aromatic rings. The van der Waals surface area contributed by atoms with E-state index in [1.165, 1.54) is 45.1 Å². The fourth-order valence-electron chi connectivity index (χ4n) is 2.88. The van der Waals surface area contributed by atoms with Crippen LogP contribution in [-0.4, -0.2) is 0 Å². The highest BCUT2D eigenvalue weighted by Gasteiger charge is 2.14. The predicted molar refractivity (Wildman–Crippen MR) is 121 cm³/mol. The van der Waals surface area contributed by atoms with Gasteiger partial charge in [0, 0.05) is 19.6 Å². The number of hydrogen-bond donors (Lipinski definition) is 2.